The normalized spacial score (nSPS) is 12.8. The first-order chi connectivity index (χ1) is 9.70. The van der Waals surface area contributed by atoms with E-state index in [1.54, 1.807) is 0 Å². The van der Waals surface area contributed by atoms with Crippen molar-refractivity contribution in [3.63, 3.8) is 0 Å². The number of nitrogens with one attached hydrogen (secondary N) is 1. The Morgan fingerprint density at radius 3 is 2.57 bits per heavy atom. The van der Waals surface area contributed by atoms with Crippen molar-refractivity contribution in [3.05, 3.63) is 35.4 Å². The highest BCUT2D eigenvalue weighted by molar-refractivity contribution is 7.98. The molecule has 1 aromatic carbocycles. The van der Waals surface area contributed by atoms with Gasteiger partial charge in [0.05, 0.1) is 5.56 Å². The van der Waals surface area contributed by atoms with Crippen LogP contribution in [0.25, 0.3) is 0 Å². The highest BCUT2D eigenvalue weighted by Gasteiger charge is 2.30. The second kappa shape index (κ2) is 7.35. The number of thioether (sulfide) groups is 1. The van der Waals surface area contributed by atoms with Gasteiger partial charge in [-0.25, -0.2) is 4.79 Å². The number of carboxylic acids is 1. The zero-order chi connectivity index (χ0) is 16.0. The van der Waals surface area contributed by atoms with E-state index in [4.69, 9.17) is 5.11 Å². The molecule has 21 heavy (non-hydrogen) atoms. The quantitative estimate of drug-likeness (QED) is 0.845. The van der Waals surface area contributed by atoms with Crippen molar-refractivity contribution >= 4 is 23.6 Å². The van der Waals surface area contributed by atoms with Gasteiger partial charge in [-0.1, -0.05) is 18.2 Å². The lowest BCUT2D eigenvalue weighted by Crippen LogP contribution is -2.41. The SMILES string of the molecule is CC(=O)NC(CSCc1cccc(C(F)(F)F)c1)C(=O)O. The predicted molar refractivity (Wildman–Crippen MR) is 72.8 cm³/mol. The number of carbonyl (C=O) groups is 2. The van der Waals surface area contributed by atoms with Gasteiger partial charge in [0.2, 0.25) is 5.91 Å². The molecule has 0 heterocycles. The molecule has 1 aromatic rings. The first-order valence-electron chi connectivity index (χ1n) is 5.94. The largest absolute Gasteiger partial charge is 0.480 e. The Morgan fingerprint density at radius 2 is 2.05 bits per heavy atom. The number of hydrogen-bond acceptors (Lipinski definition) is 3. The monoisotopic (exact) mass is 321 g/mol. The molecule has 0 bridgehead atoms. The minimum atomic E-state index is -4.40. The van der Waals surface area contributed by atoms with Gasteiger partial charge in [-0.15, -0.1) is 0 Å². The Hall–Kier alpha value is -1.70. The van der Waals surface area contributed by atoms with Crippen LogP contribution in [0.3, 0.4) is 0 Å². The minimum Gasteiger partial charge on any atom is -0.480 e. The molecule has 1 rings (SSSR count). The van der Waals surface area contributed by atoms with Gasteiger partial charge in [0.1, 0.15) is 6.04 Å². The van der Waals surface area contributed by atoms with Gasteiger partial charge >= 0.3 is 12.1 Å². The van der Waals surface area contributed by atoms with E-state index in [-0.39, 0.29) is 11.5 Å². The fraction of sp³-hybridized carbons (Fsp3) is 0.385. The summed E-state index contributed by atoms with van der Waals surface area (Å²) in [5, 5.41) is 11.2. The molecule has 0 spiro atoms. The average molecular weight is 321 g/mol. The molecular formula is C13H14F3NO3S. The van der Waals surface area contributed by atoms with Crippen molar-refractivity contribution in [2.45, 2.75) is 24.9 Å². The van der Waals surface area contributed by atoms with E-state index >= 15 is 0 Å². The molecule has 0 aromatic heterocycles. The van der Waals surface area contributed by atoms with E-state index in [1.807, 2.05) is 0 Å². The molecule has 0 fully saturated rings. The average Bonchev–Trinajstić information content (AvgIpc) is 2.36. The first kappa shape index (κ1) is 17.4. The third-order valence-corrected chi connectivity index (χ3v) is 3.59. The van der Waals surface area contributed by atoms with Crippen LogP contribution in [0.2, 0.25) is 0 Å². The Bertz CT molecular complexity index is 520. The number of aliphatic carboxylic acids is 1. The maximum absolute atomic E-state index is 12.5. The van der Waals surface area contributed by atoms with Crippen LogP contribution in [-0.2, 0) is 21.5 Å². The van der Waals surface area contributed by atoms with Crippen LogP contribution in [0.4, 0.5) is 13.2 Å². The molecule has 0 aliphatic heterocycles. The Kier molecular flexibility index (Phi) is 6.07. The number of halogens is 3. The summed E-state index contributed by atoms with van der Waals surface area (Å²) in [5.74, 6) is -1.35. The van der Waals surface area contributed by atoms with Crippen molar-refractivity contribution in [1.29, 1.82) is 0 Å². The molecular weight excluding hydrogens is 307 g/mol. The first-order valence-corrected chi connectivity index (χ1v) is 7.09. The molecule has 116 valence electrons. The zero-order valence-electron chi connectivity index (χ0n) is 11.1. The van der Waals surface area contributed by atoms with Crippen LogP contribution in [-0.4, -0.2) is 28.8 Å². The van der Waals surface area contributed by atoms with Crippen molar-refractivity contribution < 1.29 is 27.9 Å². The highest BCUT2D eigenvalue weighted by atomic mass is 32.2. The number of rotatable bonds is 6. The van der Waals surface area contributed by atoms with Crippen LogP contribution in [0.5, 0.6) is 0 Å². The second-order valence-electron chi connectivity index (χ2n) is 4.30. The van der Waals surface area contributed by atoms with Crippen molar-refractivity contribution in [2.75, 3.05) is 5.75 Å². The van der Waals surface area contributed by atoms with Crippen molar-refractivity contribution in [3.8, 4) is 0 Å². The van der Waals surface area contributed by atoms with E-state index in [1.165, 1.54) is 19.1 Å². The molecule has 0 aliphatic rings. The van der Waals surface area contributed by atoms with Crippen molar-refractivity contribution in [1.82, 2.24) is 5.32 Å². The number of carboxylic acid groups (broad SMARTS) is 1. The summed E-state index contributed by atoms with van der Waals surface area (Å²) in [6, 6.07) is 3.79. The molecule has 8 heteroatoms. The standard InChI is InChI=1S/C13H14F3NO3S/c1-8(18)17-11(12(19)20)7-21-6-9-3-2-4-10(5-9)13(14,15)16/h2-5,11H,6-7H2,1H3,(H,17,18)(H,19,20). The van der Waals surface area contributed by atoms with Gasteiger partial charge < -0.3 is 10.4 Å². The lowest BCUT2D eigenvalue weighted by atomic mass is 10.1. The van der Waals surface area contributed by atoms with Crippen LogP contribution in [0, 0.1) is 0 Å². The lowest BCUT2D eigenvalue weighted by molar-refractivity contribution is -0.140. The van der Waals surface area contributed by atoms with E-state index in [0.717, 1.165) is 23.9 Å². The van der Waals surface area contributed by atoms with Crippen LogP contribution >= 0.6 is 11.8 Å². The summed E-state index contributed by atoms with van der Waals surface area (Å²) in [6.07, 6.45) is -4.40. The third-order valence-electron chi connectivity index (χ3n) is 2.48. The summed E-state index contributed by atoms with van der Waals surface area (Å²) in [4.78, 5) is 21.7. The number of alkyl halides is 3. The van der Waals surface area contributed by atoms with E-state index < -0.39 is 29.7 Å². The smallest absolute Gasteiger partial charge is 0.416 e. The zero-order valence-corrected chi connectivity index (χ0v) is 11.9. The van der Waals surface area contributed by atoms with Gasteiger partial charge in [0.15, 0.2) is 0 Å². The summed E-state index contributed by atoms with van der Waals surface area (Å²) in [6.45, 7) is 1.20. The number of hydrogen-bond donors (Lipinski definition) is 2. The molecule has 0 aliphatic carbocycles. The van der Waals surface area contributed by atoms with Gasteiger partial charge in [-0.2, -0.15) is 24.9 Å². The van der Waals surface area contributed by atoms with Gasteiger partial charge in [0, 0.05) is 18.4 Å². The number of amides is 1. The number of benzene rings is 1. The van der Waals surface area contributed by atoms with Gasteiger partial charge in [-0.05, 0) is 11.6 Å². The topological polar surface area (TPSA) is 66.4 Å². The molecule has 0 radical (unpaired) electrons. The molecule has 2 N–H and O–H groups in total. The van der Waals surface area contributed by atoms with E-state index in [9.17, 15) is 22.8 Å². The van der Waals surface area contributed by atoms with E-state index in [2.05, 4.69) is 5.32 Å². The molecule has 1 atom stereocenters. The van der Waals surface area contributed by atoms with E-state index in [0.29, 0.717) is 5.56 Å². The maximum atomic E-state index is 12.5. The molecule has 1 unspecified atom stereocenters. The second-order valence-corrected chi connectivity index (χ2v) is 5.33. The predicted octanol–water partition coefficient (Wildman–Crippen LogP) is 2.53. The van der Waals surface area contributed by atoms with Gasteiger partial charge in [-0.3, -0.25) is 4.79 Å². The number of carbonyl (C=O) groups excluding carboxylic acids is 1. The Labute approximate surface area is 123 Å². The third kappa shape index (κ3) is 6.07. The lowest BCUT2D eigenvalue weighted by Gasteiger charge is -2.13. The summed E-state index contributed by atoms with van der Waals surface area (Å²) >= 11 is 1.14. The molecule has 0 saturated heterocycles. The summed E-state index contributed by atoms with van der Waals surface area (Å²) in [5.41, 5.74) is -0.293. The minimum absolute atomic E-state index is 0.0746. The summed E-state index contributed by atoms with van der Waals surface area (Å²) < 4.78 is 37.6. The Morgan fingerprint density at radius 1 is 1.38 bits per heavy atom. The van der Waals surface area contributed by atoms with Crippen LogP contribution in [0.1, 0.15) is 18.1 Å². The fourth-order valence-electron chi connectivity index (χ4n) is 1.55. The Balaban J connectivity index is 2.59. The molecule has 0 saturated carbocycles. The van der Waals surface area contributed by atoms with Crippen LogP contribution < -0.4 is 5.32 Å². The summed E-state index contributed by atoms with van der Waals surface area (Å²) in [7, 11) is 0. The van der Waals surface area contributed by atoms with Crippen molar-refractivity contribution in [2.24, 2.45) is 0 Å². The molecule has 1 amide bonds. The van der Waals surface area contributed by atoms with Gasteiger partial charge in [0.25, 0.3) is 0 Å². The maximum Gasteiger partial charge on any atom is 0.416 e. The highest BCUT2D eigenvalue weighted by Crippen LogP contribution is 2.30. The molecule has 4 nitrogen and oxygen atoms in total. The van der Waals surface area contributed by atoms with Crippen LogP contribution in [0.15, 0.2) is 24.3 Å². The fourth-order valence-corrected chi connectivity index (χ4v) is 2.55.